The summed E-state index contributed by atoms with van der Waals surface area (Å²) < 4.78 is 12.3. The molecule has 0 aliphatic carbocycles. The summed E-state index contributed by atoms with van der Waals surface area (Å²) in [6.07, 6.45) is 0.306. The summed E-state index contributed by atoms with van der Waals surface area (Å²) in [6, 6.07) is 0. The topological polar surface area (TPSA) is 49.8 Å². The molecule has 0 heterocycles. The number of hydrogen-bond donors (Lipinski definition) is 1. The summed E-state index contributed by atoms with van der Waals surface area (Å²) in [7, 11) is 3.72. The Bertz CT molecular complexity index is 107. The molecule has 0 spiro atoms. The van der Waals surface area contributed by atoms with Gasteiger partial charge in [0.2, 0.25) is 12.3 Å². The van der Waals surface area contributed by atoms with Crippen LogP contribution in [0.1, 0.15) is 6.42 Å². The molecule has 0 aliphatic rings. The molecule has 1 N–H and O–H groups in total. The van der Waals surface area contributed by atoms with E-state index in [1.807, 2.05) is 19.0 Å². The number of carbonyl (C=O) groups excluding carboxylic acids is 1. The smallest absolute Gasteiger partial charge is 0.321 e. The zero-order valence-electron chi connectivity index (χ0n) is 6.03. The molecule has 0 radical (unpaired) electrons. The Kier molecular flexibility index (Phi) is 5.38. The minimum Gasteiger partial charge on any atom is -0.364 e. The normalized spacial score (nSPS) is 10.0. The molecule has 0 aromatic rings. The van der Waals surface area contributed by atoms with Crippen LogP contribution in [-0.2, 0) is 8.98 Å². The zero-order chi connectivity index (χ0) is 7.98. The highest BCUT2D eigenvalue weighted by molar-refractivity contribution is 7.89. The van der Waals surface area contributed by atoms with E-state index in [1.54, 1.807) is 0 Å². The molecule has 0 atom stereocenters. The van der Waals surface area contributed by atoms with Crippen molar-refractivity contribution in [2.24, 2.45) is 0 Å². The van der Waals surface area contributed by atoms with E-state index >= 15 is 0 Å². The minimum atomic E-state index is -0.402. The highest BCUT2D eigenvalue weighted by Gasteiger charge is 2.02. The van der Waals surface area contributed by atoms with Gasteiger partial charge in [-0.3, -0.25) is 9.35 Å². The van der Waals surface area contributed by atoms with Gasteiger partial charge in [0, 0.05) is 6.54 Å². The second-order valence-electron chi connectivity index (χ2n) is 2.08. The van der Waals surface area contributed by atoms with Gasteiger partial charge in [0.05, 0.1) is 6.42 Å². The van der Waals surface area contributed by atoms with Gasteiger partial charge < -0.3 is 9.08 Å². The van der Waals surface area contributed by atoms with E-state index in [-0.39, 0.29) is 12.3 Å². The lowest BCUT2D eigenvalue weighted by molar-refractivity contribution is -0.133. The van der Waals surface area contributed by atoms with E-state index in [4.69, 9.17) is 4.55 Å². The third-order valence-corrected chi connectivity index (χ3v) is 1.15. The van der Waals surface area contributed by atoms with E-state index in [9.17, 15) is 4.79 Å². The molecular weight excluding hydrogens is 154 g/mol. The molecule has 0 bridgehead atoms. The van der Waals surface area contributed by atoms with Gasteiger partial charge in [0.15, 0.2) is 0 Å². The lowest BCUT2D eigenvalue weighted by atomic mass is 10.4. The van der Waals surface area contributed by atoms with E-state index in [0.717, 1.165) is 0 Å². The van der Waals surface area contributed by atoms with E-state index < -0.39 is 5.97 Å². The molecule has 0 rings (SSSR count). The van der Waals surface area contributed by atoms with Crippen LogP contribution in [-0.4, -0.2) is 36.1 Å². The molecular formula is C5H11NO3S. The fourth-order valence-corrected chi connectivity index (χ4v) is 0.565. The average molecular weight is 165 g/mol. The molecule has 0 amide bonds. The molecule has 0 aliphatic heterocycles. The van der Waals surface area contributed by atoms with Gasteiger partial charge in [-0.15, -0.1) is 0 Å². The van der Waals surface area contributed by atoms with Crippen molar-refractivity contribution in [3.8, 4) is 0 Å². The zero-order valence-corrected chi connectivity index (χ0v) is 6.85. The Labute approximate surface area is 64.6 Å². The molecule has 60 valence electrons. The molecule has 10 heavy (non-hydrogen) atoms. The van der Waals surface area contributed by atoms with E-state index in [0.29, 0.717) is 13.0 Å². The molecule has 0 saturated heterocycles. The Morgan fingerprint density at radius 3 is 2.70 bits per heavy atom. The van der Waals surface area contributed by atoms with E-state index in [2.05, 4.69) is 4.18 Å². The molecule has 0 saturated carbocycles. The van der Waals surface area contributed by atoms with Gasteiger partial charge in [-0.1, -0.05) is 0 Å². The van der Waals surface area contributed by atoms with Crippen molar-refractivity contribution in [1.29, 1.82) is 0 Å². The van der Waals surface area contributed by atoms with Crippen molar-refractivity contribution in [2.75, 3.05) is 20.6 Å². The van der Waals surface area contributed by atoms with Crippen LogP contribution in [0.3, 0.4) is 0 Å². The summed E-state index contributed by atoms with van der Waals surface area (Å²) in [5.41, 5.74) is 0. The molecule has 4 nitrogen and oxygen atoms in total. The monoisotopic (exact) mass is 165 g/mol. The molecule has 0 unspecified atom stereocenters. The second kappa shape index (κ2) is 5.52. The Balaban J connectivity index is 3.22. The van der Waals surface area contributed by atoms with Gasteiger partial charge in [0.25, 0.3) is 0 Å². The Morgan fingerprint density at radius 1 is 1.70 bits per heavy atom. The van der Waals surface area contributed by atoms with Crippen molar-refractivity contribution in [3.05, 3.63) is 0 Å². The third-order valence-electron chi connectivity index (χ3n) is 0.893. The standard InChI is InChI=1S/C5H11NO3S/c1-6(2)4-3-5(7)9-10-8/h8H,3-4H2,1-2H3. The van der Waals surface area contributed by atoms with Crippen molar-refractivity contribution in [3.63, 3.8) is 0 Å². The van der Waals surface area contributed by atoms with Gasteiger partial charge in [0.1, 0.15) is 0 Å². The summed E-state index contributed by atoms with van der Waals surface area (Å²) in [6.45, 7) is 0.638. The highest BCUT2D eigenvalue weighted by atomic mass is 32.2. The maximum absolute atomic E-state index is 10.5. The molecule has 0 fully saturated rings. The number of carbonyl (C=O) groups is 1. The summed E-state index contributed by atoms with van der Waals surface area (Å²) in [4.78, 5) is 12.4. The molecule has 0 aromatic carbocycles. The first kappa shape index (κ1) is 9.74. The van der Waals surface area contributed by atoms with Crippen LogP contribution in [0.4, 0.5) is 0 Å². The minimum absolute atomic E-state index is 0.0933. The first-order chi connectivity index (χ1) is 4.66. The van der Waals surface area contributed by atoms with Crippen LogP contribution in [0.5, 0.6) is 0 Å². The van der Waals surface area contributed by atoms with Gasteiger partial charge >= 0.3 is 5.97 Å². The van der Waals surface area contributed by atoms with Crippen molar-refractivity contribution >= 4 is 18.3 Å². The van der Waals surface area contributed by atoms with Crippen LogP contribution in [0.2, 0.25) is 0 Å². The third kappa shape index (κ3) is 5.87. The quantitative estimate of drug-likeness (QED) is 0.618. The highest BCUT2D eigenvalue weighted by Crippen LogP contribution is 1.97. The molecule has 5 heteroatoms. The van der Waals surface area contributed by atoms with Crippen LogP contribution in [0, 0.1) is 0 Å². The predicted octanol–water partition coefficient (Wildman–Crippen LogP) is 0.602. The van der Waals surface area contributed by atoms with Gasteiger partial charge in [-0.05, 0) is 14.1 Å². The number of rotatable bonds is 4. The summed E-state index contributed by atoms with van der Waals surface area (Å²) in [5.74, 6) is -0.402. The molecule has 0 aromatic heterocycles. The van der Waals surface area contributed by atoms with Crippen molar-refractivity contribution in [2.45, 2.75) is 6.42 Å². The number of nitrogens with zero attached hydrogens (tertiary/aromatic N) is 1. The Hall–Kier alpha value is -0.260. The van der Waals surface area contributed by atoms with Crippen LogP contribution in [0.15, 0.2) is 0 Å². The lowest BCUT2D eigenvalue weighted by Gasteiger charge is -2.06. The lowest BCUT2D eigenvalue weighted by Crippen LogP contribution is -2.16. The maximum Gasteiger partial charge on any atom is 0.321 e. The van der Waals surface area contributed by atoms with Gasteiger partial charge in [-0.2, -0.15) is 0 Å². The van der Waals surface area contributed by atoms with Crippen molar-refractivity contribution < 1.29 is 13.5 Å². The predicted molar refractivity (Wildman–Crippen MR) is 39.5 cm³/mol. The largest absolute Gasteiger partial charge is 0.364 e. The summed E-state index contributed by atoms with van der Waals surface area (Å²) >= 11 is 0.0933. The Morgan fingerprint density at radius 2 is 2.30 bits per heavy atom. The first-order valence-corrected chi connectivity index (χ1v) is 3.52. The average Bonchev–Trinajstić information content (AvgIpc) is 1.85. The fraction of sp³-hybridized carbons (Fsp3) is 0.800. The van der Waals surface area contributed by atoms with Crippen molar-refractivity contribution in [1.82, 2.24) is 4.90 Å². The first-order valence-electron chi connectivity index (χ1n) is 2.82. The van der Waals surface area contributed by atoms with E-state index in [1.165, 1.54) is 0 Å². The van der Waals surface area contributed by atoms with Crippen LogP contribution < -0.4 is 0 Å². The second-order valence-corrected chi connectivity index (χ2v) is 2.40. The fourth-order valence-electron chi connectivity index (χ4n) is 0.398. The van der Waals surface area contributed by atoms with Crippen LogP contribution >= 0.6 is 12.3 Å². The summed E-state index contributed by atoms with van der Waals surface area (Å²) in [5, 5.41) is 0. The SMILES string of the molecule is CN(C)CCC(=O)OSO. The van der Waals surface area contributed by atoms with Crippen LogP contribution in [0.25, 0.3) is 0 Å². The van der Waals surface area contributed by atoms with Gasteiger partial charge in [-0.25, -0.2) is 0 Å². The maximum atomic E-state index is 10.5. The number of hydrogen-bond acceptors (Lipinski definition) is 5.